The van der Waals surface area contributed by atoms with E-state index in [0.29, 0.717) is 24.7 Å². The second-order valence-electron chi connectivity index (χ2n) is 6.74. The van der Waals surface area contributed by atoms with Gasteiger partial charge in [0.25, 0.3) is 0 Å². The molecule has 0 spiro atoms. The normalized spacial score (nSPS) is 14.2. The number of anilines is 1. The van der Waals surface area contributed by atoms with Crippen molar-refractivity contribution in [2.75, 3.05) is 11.9 Å². The summed E-state index contributed by atoms with van der Waals surface area (Å²) in [5.74, 6) is 0.792. The van der Waals surface area contributed by atoms with E-state index in [0.717, 1.165) is 29.8 Å². The summed E-state index contributed by atoms with van der Waals surface area (Å²) in [6.07, 6.45) is 0.777. The van der Waals surface area contributed by atoms with Gasteiger partial charge in [0.05, 0.1) is 17.5 Å². The minimum Gasteiger partial charge on any atom is -0.366 e. The van der Waals surface area contributed by atoms with Crippen molar-refractivity contribution < 1.29 is 12.8 Å². The Bertz CT molecular complexity index is 918. The molecule has 0 amide bonds. The maximum absolute atomic E-state index is 13.4. The molecular weight excluding hydrogens is 369 g/mol. The molecule has 0 radical (unpaired) electrons. The molecule has 0 aliphatic carbocycles. The van der Waals surface area contributed by atoms with E-state index < -0.39 is 15.3 Å². The first-order valence-corrected chi connectivity index (χ1v) is 10.5. The molecule has 7 nitrogen and oxygen atoms in total. The van der Waals surface area contributed by atoms with Crippen LogP contribution in [0.25, 0.3) is 0 Å². The fourth-order valence-electron chi connectivity index (χ4n) is 2.80. The number of hydrogen-bond donors (Lipinski definition) is 3. The van der Waals surface area contributed by atoms with Gasteiger partial charge in [-0.25, -0.2) is 27.5 Å². The van der Waals surface area contributed by atoms with Crippen molar-refractivity contribution in [1.29, 1.82) is 0 Å². The van der Waals surface area contributed by atoms with Crippen LogP contribution in [-0.4, -0.2) is 30.2 Å². The molecule has 2 heterocycles. The van der Waals surface area contributed by atoms with Crippen molar-refractivity contribution >= 4 is 15.8 Å². The molecule has 0 saturated carbocycles. The summed E-state index contributed by atoms with van der Waals surface area (Å²) in [6.45, 7) is 5.12. The summed E-state index contributed by atoms with van der Waals surface area (Å²) >= 11 is 0. The van der Waals surface area contributed by atoms with Crippen LogP contribution in [0.5, 0.6) is 0 Å². The topological polar surface area (TPSA) is 96.0 Å². The number of rotatable bonds is 7. The number of aromatic nitrogens is 2. The van der Waals surface area contributed by atoms with Crippen LogP contribution in [0.4, 0.5) is 10.2 Å². The average molecular weight is 393 g/mol. The standard InChI is InChI=1S/C18H24FN5O2S/c1-12(2)27(25,26)22-11-17-23-16-10-20-7-6-15(16)18(24-17)21-9-13-4-3-5-14(19)8-13/h3-5,8,12,20,22H,6-7,9-11H2,1-2H3,(H,21,23,24). The van der Waals surface area contributed by atoms with Gasteiger partial charge in [-0.3, -0.25) is 0 Å². The first-order chi connectivity index (χ1) is 12.8. The third-order valence-corrected chi connectivity index (χ3v) is 6.17. The number of sulfonamides is 1. The molecule has 0 unspecified atom stereocenters. The van der Waals surface area contributed by atoms with Gasteiger partial charge in [0.2, 0.25) is 10.0 Å². The SMILES string of the molecule is CC(C)S(=O)(=O)NCc1nc2c(c(NCc3cccc(F)c3)n1)CCNC2. The lowest BCUT2D eigenvalue weighted by Crippen LogP contribution is -2.32. The minimum atomic E-state index is -3.40. The summed E-state index contributed by atoms with van der Waals surface area (Å²) in [6, 6.07) is 6.38. The fourth-order valence-corrected chi connectivity index (χ4v) is 3.46. The number of fused-ring (bicyclic) bond motifs is 1. The first-order valence-electron chi connectivity index (χ1n) is 8.91. The van der Waals surface area contributed by atoms with Crippen molar-refractivity contribution in [2.45, 2.75) is 45.2 Å². The van der Waals surface area contributed by atoms with Crippen molar-refractivity contribution in [2.24, 2.45) is 0 Å². The summed E-state index contributed by atoms with van der Waals surface area (Å²) in [5, 5.41) is 5.99. The number of halogens is 1. The Kier molecular flexibility index (Phi) is 6.03. The van der Waals surface area contributed by atoms with Crippen LogP contribution in [0.3, 0.4) is 0 Å². The lowest BCUT2D eigenvalue weighted by molar-refractivity contribution is 0.568. The van der Waals surface area contributed by atoms with Crippen LogP contribution in [0.15, 0.2) is 24.3 Å². The van der Waals surface area contributed by atoms with Crippen LogP contribution in [0, 0.1) is 5.82 Å². The molecule has 1 aromatic heterocycles. The Labute approximate surface area is 158 Å². The molecule has 1 aliphatic rings. The minimum absolute atomic E-state index is 0.0302. The number of benzene rings is 1. The maximum atomic E-state index is 13.4. The third kappa shape index (κ3) is 5.00. The van der Waals surface area contributed by atoms with E-state index >= 15 is 0 Å². The third-order valence-electron chi connectivity index (χ3n) is 4.38. The van der Waals surface area contributed by atoms with Crippen LogP contribution in [-0.2, 0) is 36.1 Å². The quantitative estimate of drug-likeness (QED) is 0.663. The summed E-state index contributed by atoms with van der Waals surface area (Å²) in [4.78, 5) is 9.02. The van der Waals surface area contributed by atoms with E-state index in [1.807, 2.05) is 6.07 Å². The van der Waals surface area contributed by atoms with E-state index in [1.54, 1.807) is 19.9 Å². The molecule has 0 saturated heterocycles. The molecule has 2 aromatic rings. The first kappa shape index (κ1) is 19.7. The van der Waals surface area contributed by atoms with E-state index in [4.69, 9.17) is 0 Å². The molecule has 1 aliphatic heterocycles. The van der Waals surface area contributed by atoms with Gasteiger partial charge in [0, 0.05) is 18.7 Å². The predicted molar refractivity (Wildman–Crippen MR) is 102 cm³/mol. The number of hydrogen-bond acceptors (Lipinski definition) is 6. The van der Waals surface area contributed by atoms with Crippen molar-refractivity contribution in [3.63, 3.8) is 0 Å². The summed E-state index contributed by atoms with van der Waals surface area (Å²) < 4.78 is 39.9. The van der Waals surface area contributed by atoms with Gasteiger partial charge >= 0.3 is 0 Å². The zero-order chi connectivity index (χ0) is 19.4. The Morgan fingerprint density at radius 2 is 2.07 bits per heavy atom. The molecular formula is C18H24FN5O2S. The molecule has 1 aromatic carbocycles. The molecule has 0 bridgehead atoms. The molecule has 3 N–H and O–H groups in total. The van der Waals surface area contributed by atoms with E-state index in [1.165, 1.54) is 12.1 Å². The molecule has 3 rings (SSSR count). The molecule has 0 atom stereocenters. The molecule has 27 heavy (non-hydrogen) atoms. The highest BCUT2D eigenvalue weighted by Crippen LogP contribution is 2.21. The van der Waals surface area contributed by atoms with E-state index in [9.17, 15) is 12.8 Å². The van der Waals surface area contributed by atoms with E-state index in [2.05, 4.69) is 25.3 Å². The Balaban J connectivity index is 1.81. The van der Waals surface area contributed by atoms with Crippen LogP contribution in [0.2, 0.25) is 0 Å². The maximum Gasteiger partial charge on any atom is 0.214 e. The molecule has 9 heteroatoms. The van der Waals surface area contributed by atoms with Crippen LogP contribution < -0.4 is 15.4 Å². The van der Waals surface area contributed by atoms with Crippen molar-refractivity contribution in [3.8, 4) is 0 Å². The van der Waals surface area contributed by atoms with Gasteiger partial charge < -0.3 is 10.6 Å². The van der Waals surface area contributed by atoms with Crippen molar-refractivity contribution in [1.82, 2.24) is 20.0 Å². The van der Waals surface area contributed by atoms with Gasteiger partial charge in [-0.15, -0.1) is 0 Å². The van der Waals surface area contributed by atoms with Gasteiger partial charge in [0.1, 0.15) is 17.5 Å². The second-order valence-corrected chi connectivity index (χ2v) is 9.06. The predicted octanol–water partition coefficient (Wildman–Crippen LogP) is 1.70. The lowest BCUT2D eigenvalue weighted by Gasteiger charge is -2.21. The van der Waals surface area contributed by atoms with Gasteiger partial charge in [-0.1, -0.05) is 12.1 Å². The van der Waals surface area contributed by atoms with E-state index in [-0.39, 0.29) is 12.4 Å². The van der Waals surface area contributed by atoms with Gasteiger partial charge in [0.15, 0.2) is 0 Å². The highest BCUT2D eigenvalue weighted by molar-refractivity contribution is 7.90. The van der Waals surface area contributed by atoms with Crippen LogP contribution in [0.1, 0.15) is 36.5 Å². The average Bonchev–Trinajstić information content (AvgIpc) is 2.64. The largest absolute Gasteiger partial charge is 0.366 e. The lowest BCUT2D eigenvalue weighted by atomic mass is 10.1. The summed E-state index contributed by atoms with van der Waals surface area (Å²) in [5.41, 5.74) is 2.68. The highest BCUT2D eigenvalue weighted by Gasteiger charge is 2.20. The van der Waals surface area contributed by atoms with Gasteiger partial charge in [-0.05, 0) is 44.5 Å². The number of nitrogens with zero attached hydrogens (tertiary/aromatic N) is 2. The zero-order valence-electron chi connectivity index (χ0n) is 15.4. The Morgan fingerprint density at radius 3 is 2.81 bits per heavy atom. The number of nitrogens with one attached hydrogen (secondary N) is 3. The Morgan fingerprint density at radius 1 is 1.26 bits per heavy atom. The monoisotopic (exact) mass is 393 g/mol. The highest BCUT2D eigenvalue weighted by atomic mass is 32.2. The summed E-state index contributed by atoms with van der Waals surface area (Å²) in [7, 11) is -3.40. The fraction of sp³-hybridized carbons (Fsp3) is 0.444. The van der Waals surface area contributed by atoms with Crippen LogP contribution >= 0.6 is 0 Å². The zero-order valence-corrected chi connectivity index (χ0v) is 16.2. The molecule has 146 valence electrons. The molecule has 0 fully saturated rings. The second kappa shape index (κ2) is 8.28. The van der Waals surface area contributed by atoms with Gasteiger partial charge in [-0.2, -0.15) is 0 Å². The van der Waals surface area contributed by atoms with Crippen molar-refractivity contribution in [3.05, 3.63) is 52.7 Å². The smallest absolute Gasteiger partial charge is 0.214 e. The Hall–Kier alpha value is -2.10.